The van der Waals surface area contributed by atoms with Crippen molar-refractivity contribution in [2.75, 3.05) is 38.0 Å². The zero-order valence-electron chi connectivity index (χ0n) is 21.8. The van der Waals surface area contributed by atoms with E-state index in [1.807, 2.05) is 49.9 Å². The second-order valence-electron chi connectivity index (χ2n) is 10.9. The van der Waals surface area contributed by atoms with Crippen molar-refractivity contribution < 1.29 is 14.4 Å². The molecule has 8 nitrogen and oxygen atoms in total. The lowest BCUT2D eigenvalue weighted by Crippen LogP contribution is -2.48. The molecule has 0 atom stereocenters. The van der Waals surface area contributed by atoms with Gasteiger partial charge in [-0.25, -0.2) is 4.79 Å². The summed E-state index contributed by atoms with van der Waals surface area (Å²) in [5.74, 6) is 0.433. The van der Waals surface area contributed by atoms with Crippen LogP contribution >= 0.6 is 11.6 Å². The minimum atomic E-state index is -0.290. The maximum Gasteiger partial charge on any atom is 0.319 e. The fraction of sp³-hybridized carbons (Fsp3) is 0.464. The van der Waals surface area contributed by atoms with E-state index in [1.165, 1.54) is 0 Å². The summed E-state index contributed by atoms with van der Waals surface area (Å²) in [6.07, 6.45) is 2.32. The fourth-order valence-electron chi connectivity index (χ4n) is 4.25. The molecule has 2 aromatic carbocycles. The number of anilines is 1. The number of piperazine rings is 1. The molecule has 2 aliphatic rings. The topological polar surface area (TPSA) is 93.8 Å². The smallest absolute Gasteiger partial charge is 0.319 e. The number of urea groups is 1. The average Bonchev–Trinajstić information content (AvgIpc) is 3.68. The molecule has 2 fully saturated rings. The molecule has 1 aliphatic heterocycles. The first-order valence-corrected chi connectivity index (χ1v) is 13.2. The maximum absolute atomic E-state index is 13.1. The van der Waals surface area contributed by atoms with E-state index in [-0.39, 0.29) is 23.4 Å². The molecule has 4 rings (SSSR count). The summed E-state index contributed by atoms with van der Waals surface area (Å²) in [5, 5.41) is 8.92. The number of halogens is 1. The molecule has 3 N–H and O–H groups in total. The van der Waals surface area contributed by atoms with Crippen LogP contribution in [-0.2, 0) is 6.54 Å². The minimum absolute atomic E-state index is 0.0767. The normalized spacial score (nSPS) is 16.3. The molecule has 198 valence electrons. The quantitative estimate of drug-likeness (QED) is 0.500. The average molecular weight is 526 g/mol. The predicted octanol–water partition coefficient (Wildman–Crippen LogP) is 4.36. The van der Waals surface area contributed by atoms with Crippen molar-refractivity contribution in [1.82, 2.24) is 20.4 Å². The molecule has 0 unspecified atom stereocenters. The van der Waals surface area contributed by atoms with E-state index in [1.54, 1.807) is 18.2 Å². The van der Waals surface area contributed by atoms with Crippen LogP contribution in [0, 0.1) is 5.92 Å². The Kier molecular flexibility index (Phi) is 8.39. The highest BCUT2D eigenvalue weighted by molar-refractivity contribution is 6.34. The van der Waals surface area contributed by atoms with Gasteiger partial charge in [0.1, 0.15) is 0 Å². The van der Waals surface area contributed by atoms with Crippen molar-refractivity contribution in [1.29, 1.82) is 0 Å². The lowest BCUT2D eigenvalue weighted by molar-refractivity contribution is 0.0628. The molecule has 1 aliphatic carbocycles. The fourth-order valence-corrected chi connectivity index (χ4v) is 4.48. The number of hydrogen-bond donors (Lipinski definition) is 3. The lowest BCUT2D eigenvalue weighted by atomic mass is 10.1. The third kappa shape index (κ3) is 7.94. The molecule has 0 spiro atoms. The molecule has 1 saturated carbocycles. The van der Waals surface area contributed by atoms with E-state index >= 15 is 0 Å². The van der Waals surface area contributed by atoms with Gasteiger partial charge in [0.15, 0.2) is 0 Å². The summed E-state index contributed by atoms with van der Waals surface area (Å²) >= 11 is 6.37. The van der Waals surface area contributed by atoms with Gasteiger partial charge in [-0.05, 0) is 75.4 Å². The number of rotatable bonds is 7. The van der Waals surface area contributed by atoms with Crippen LogP contribution in [0.1, 0.15) is 59.9 Å². The minimum Gasteiger partial charge on any atom is -0.347 e. The van der Waals surface area contributed by atoms with Crippen molar-refractivity contribution in [3.63, 3.8) is 0 Å². The molecule has 0 bridgehead atoms. The Labute approximate surface area is 223 Å². The van der Waals surface area contributed by atoms with Crippen LogP contribution in [-0.4, -0.2) is 65.9 Å². The monoisotopic (exact) mass is 525 g/mol. The van der Waals surface area contributed by atoms with Crippen LogP contribution in [0.4, 0.5) is 10.5 Å². The number of carbonyl (C=O) groups is 3. The van der Waals surface area contributed by atoms with Crippen molar-refractivity contribution in [3.05, 3.63) is 64.2 Å². The van der Waals surface area contributed by atoms with Crippen LogP contribution < -0.4 is 16.0 Å². The molecule has 2 aromatic rings. The van der Waals surface area contributed by atoms with Gasteiger partial charge < -0.3 is 20.9 Å². The molecule has 37 heavy (non-hydrogen) atoms. The maximum atomic E-state index is 13.1. The molecule has 9 heteroatoms. The van der Waals surface area contributed by atoms with E-state index in [4.69, 9.17) is 11.6 Å². The van der Waals surface area contributed by atoms with Gasteiger partial charge in [-0.1, -0.05) is 23.7 Å². The number of nitrogens with one attached hydrogen (secondary N) is 3. The second-order valence-corrected chi connectivity index (χ2v) is 11.4. The van der Waals surface area contributed by atoms with Crippen LogP contribution in [0.25, 0.3) is 0 Å². The SMILES string of the molecule is CC(C)(C)NC(=O)c1cccc(CN2CCN(C(=O)c3ccc(NC(=O)NCC4CC4)c(Cl)c3)CC2)c1. The summed E-state index contributed by atoms with van der Waals surface area (Å²) in [7, 11) is 0. The van der Waals surface area contributed by atoms with Crippen molar-refractivity contribution >= 4 is 35.1 Å². The van der Waals surface area contributed by atoms with Gasteiger partial charge in [-0.15, -0.1) is 0 Å². The Balaban J connectivity index is 1.27. The molecule has 1 saturated heterocycles. The van der Waals surface area contributed by atoms with Gasteiger partial charge in [0, 0.05) is 55.9 Å². The van der Waals surface area contributed by atoms with Crippen LogP contribution in [0.15, 0.2) is 42.5 Å². The molecule has 1 heterocycles. The summed E-state index contributed by atoms with van der Waals surface area (Å²) in [6.45, 7) is 9.95. The number of hydrogen-bond acceptors (Lipinski definition) is 4. The zero-order valence-corrected chi connectivity index (χ0v) is 22.5. The third-order valence-electron chi connectivity index (χ3n) is 6.46. The van der Waals surface area contributed by atoms with Gasteiger partial charge >= 0.3 is 6.03 Å². The Morgan fingerprint density at radius 2 is 1.70 bits per heavy atom. The largest absolute Gasteiger partial charge is 0.347 e. The highest BCUT2D eigenvalue weighted by atomic mass is 35.5. The van der Waals surface area contributed by atoms with Gasteiger partial charge in [0.2, 0.25) is 0 Å². The molecule has 0 aromatic heterocycles. The Morgan fingerprint density at radius 3 is 2.35 bits per heavy atom. The van der Waals surface area contributed by atoms with E-state index in [0.29, 0.717) is 53.9 Å². The first kappa shape index (κ1) is 26.9. The van der Waals surface area contributed by atoms with Crippen molar-refractivity contribution in [2.45, 2.75) is 45.7 Å². The van der Waals surface area contributed by atoms with Gasteiger partial charge in [0.25, 0.3) is 11.8 Å². The summed E-state index contributed by atoms with van der Waals surface area (Å²) in [5.41, 5.74) is 2.41. The van der Waals surface area contributed by atoms with Crippen molar-refractivity contribution in [2.24, 2.45) is 5.92 Å². The Hall–Kier alpha value is -3.10. The third-order valence-corrected chi connectivity index (χ3v) is 6.77. The lowest BCUT2D eigenvalue weighted by Gasteiger charge is -2.35. The first-order valence-electron chi connectivity index (χ1n) is 12.8. The molecule has 0 radical (unpaired) electrons. The van der Waals surface area contributed by atoms with E-state index in [9.17, 15) is 14.4 Å². The van der Waals surface area contributed by atoms with Gasteiger partial charge in [-0.2, -0.15) is 0 Å². The van der Waals surface area contributed by atoms with Gasteiger partial charge in [-0.3, -0.25) is 14.5 Å². The van der Waals surface area contributed by atoms with Crippen molar-refractivity contribution in [3.8, 4) is 0 Å². The summed E-state index contributed by atoms with van der Waals surface area (Å²) in [6, 6.07) is 12.4. The highest BCUT2D eigenvalue weighted by Crippen LogP contribution is 2.28. The number of benzene rings is 2. The molecular weight excluding hydrogens is 490 g/mol. The highest BCUT2D eigenvalue weighted by Gasteiger charge is 2.24. The zero-order chi connectivity index (χ0) is 26.6. The van der Waals surface area contributed by atoms with E-state index in [2.05, 4.69) is 20.9 Å². The standard InChI is InChI=1S/C28H36ClN5O3/c1-28(2,3)32-25(35)21-6-4-5-20(15-21)18-33-11-13-34(14-12-33)26(36)22-9-10-24(23(29)16-22)31-27(37)30-17-19-7-8-19/h4-6,9-10,15-16,19H,7-8,11-14,17-18H2,1-3H3,(H,32,35)(H2,30,31,37). The summed E-state index contributed by atoms with van der Waals surface area (Å²) in [4.78, 5) is 41.7. The second kappa shape index (κ2) is 11.5. The first-order chi connectivity index (χ1) is 17.6. The molecular formula is C28H36ClN5O3. The van der Waals surface area contributed by atoms with Crippen LogP contribution in [0.3, 0.4) is 0 Å². The van der Waals surface area contributed by atoms with E-state index < -0.39 is 0 Å². The predicted molar refractivity (Wildman–Crippen MR) is 146 cm³/mol. The number of amides is 4. The summed E-state index contributed by atoms with van der Waals surface area (Å²) < 4.78 is 0. The van der Waals surface area contributed by atoms with Gasteiger partial charge in [0.05, 0.1) is 10.7 Å². The number of nitrogens with zero attached hydrogens (tertiary/aromatic N) is 2. The Bertz CT molecular complexity index is 1150. The van der Waals surface area contributed by atoms with E-state index in [0.717, 1.165) is 31.5 Å². The van der Waals surface area contributed by atoms with Crippen LogP contribution in [0.2, 0.25) is 5.02 Å². The van der Waals surface area contributed by atoms with Crippen LogP contribution in [0.5, 0.6) is 0 Å². The number of carbonyl (C=O) groups excluding carboxylic acids is 3. The Morgan fingerprint density at radius 1 is 0.973 bits per heavy atom. The molecule has 4 amide bonds.